The monoisotopic (exact) mass is 343 g/mol. The van der Waals surface area contributed by atoms with Gasteiger partial charge in [-0.3, -0.25) is 0 Å². The van der Waals surface area contributed by atoms with Gasteiger partial charge in [-0.2, -0.15) is 5.26 Å². The predicted octanol–water partition coefficient (Wildman–Crippen LogP) is 3.58. The van der Waals surface area contributed by atoms with Crippen LogP contribution < -0.4 is 9.80 Å². The first kappa shape index (κ1) is 16.2. The van der Waals surface area contributed by atoms with Crippen LogP contribution in [0.15, 0.2) is 54.7 Å². The van der Waals surface area contributed by atoms with Gasteiger partial charge in [-0.15, -0.1) is 0 Å². The summed E-state index contributed by atoms with van der Waals surface area (Å²) in [7, 11) is 0. The number of aromatic amines is 1. The summed E-state index contributed by atoms with van der Waals surface area (Å²) in [5.41, 5.74) is 3.90. The number of H-pyrrole nitrogens is 1. The number of hydrogen-bond donors (Lipinski definition) is 1. The third-order valence-electron chi connectivity index (χ3n) is 4.97. The minimum atomic E-state index is 0.745. The smallest absolute Gasteiger partial charge is 0.128 e. The number of nitriles is 1. The van der Waals surface area contributed by atoms with Crippen LogP contribution in [0, 0.1) is 18.3 Å². The number of pyridine rings is 1. The number of anilines is 2. The molecule has 0 unspecified atom stereocenters. The van der Waals surface area contributed by atoms with Crippen molar-refractivity contribution in [3.05, 3.63) is 65.9 Å². The van der Waals surface area contributed by atoms with Gasteiger partial charge in [-0.25, -0.2) is 4.98 Å². The molecule has 1 N–H and O–H groups in total. The van der Waals surface area contributed by atoms with Crippen molar-refractivity contribution in [3.63, 3.8) is 0 Å². The molecule has 1 aromatic carbocycles. The van der Waals surface area contributed by atoms with E-state index in [1.807, 2.05) is 49.5 Å². The first-order chi connectivity index (χ1) is 12.8. The van der Waals surface area contributed by atoms with Crippen molar-refractivity contribution < 1.29 is 0 Å². The zero-order chi connectivity index (χ0) is 17.9. The molecule has 26 heavy (non-hydrogen) atoms. The van der Waals surface area contributed by atoms with E-state index in [9.17, 15) is 5.26 Å². The van der Waals surface area contributed by atoms with E-state index in [0.29, 0.717) is 0 Å². The van der Waals surface area contributed by atoms with Crippen LogP contribution in [0.4, 0.5) is 11.6 Å². The van der Waals surface area contributed by atoms with E-state index >= 15 is 0 Å². The van der Waals surface area contributed by atoms with Crippen molar-refractivity contribution in [2.24, 2.45) is 0 Å². The number of aromatic nitrogens is 2. The minimum absolute atomic E-state index is 0.745. The molecular weight excluding hydrogens is 322 g/mol. The van der Waals surface area contributed by atoms with E-state index in [0.717, 1.165) is 60.2 Å². The summed E-state index contributed by atoms with van der Waals surface area (Å²) in [4.78, 5) is 12.5. The Labute approximate surface area is 153 Å². The van der Waals surface area contributed by atoms with Gasteiger partial charge in [0.25, 0.3) is 0 Å². The molecule has 3 aromatic rings. The molecule has 4 rings (SSSR count). The molecule has 3 heterocycles. The maximum absolute atomic E-state index is 9.70. The topological polar surface area (TPSA) is 59.0 Å². The van der Waals surface area contributed by atoms with Crippen molar-refractivity contribution >= 4 is 11.6 Å². The molecule has 0 amide bonds. The molecule has 0 atom stereocenters. The van der Waals surface area contributed by atoms with Crippen LogP contribution in [-0.2, 0) is 0 Å². The normalized spacial score (nSPS) is 14.3. The fraction of sp³-hybridized carbons (Fsp3) is 0.238. The molecular formula is C21H21N5. The van der Waals surface area contributed by atoms with E-state index in [1.54, 1.807) is 0 Å². The molecule has 1 saturated heterocycles. The second-order valence-corrected chi connectivity index (χ2v) is 6.49. The van der Waals surface area contributed by atoms with Gasteiger partial charge in [0.2, 0.25) is 0 Å². The fourth-order valence-electron chi connectivity index (χ4n) is 3.54. The maximum Gasteiger partial charge on any atom is 0.128 e. The quantitative estimate of drug-likeness (QED) is 0.790. The predicted molar refractivity (Wildman–Crippen MR) is 104 cm³/mol. The molecule has 2 aromatic heterocycles. The molecule has 1 fully saturated rings. The lowest BCUT2D eigenvalue weighted by Gasteiger charge is -2.36. The van der Waals surface area contributed by atoms with E-state index in [1.165, 1.54) is 0 Å². The van der Waals surface area contributed by atoms with Gasteiger partial charge >= 0.3 is 0 Å². The molecule has 1 aliphatic rings. The van der Waals surface area contributed by atoms with Crippen LogP contribution in [-0.4, -0.2) is 36.1 Å². The first-order valence-electron chi connectivity index (χ1n) is 8.87. The average molecular weight is 343 g/mol. The van der Waals surface area contributed by atoms with Crippen molar-refractivity contribution in [3.8, 4) is 17.3 Å². The van der Waals surface area contributed by atoms with Gasteiger partial charge in [-0.05, 0) is 30.2 Å². The molecule has 0 spiro atoms. The highest BCUT2D eigenvalue weighted by molar-refractivity contribution is 5.74. The summed E-state index contributed by atoms with van der Waals surface area (Å²) >= 11 is 0. The number of rotatable bonds is 3. The van der Waals surface area contributed by atoms with E-state index in [-0.39, 0.29) is 0 Å². The Morgan fingerprint density at radius 3 is 2.31 bits per heavy atom. The first-order valence-corrected chi connectivity index (χ1v) is 8.87. The summed E-state index contributed by atoms with van der Waals surface area (Å²) in [5, 5.41) is 9.70. The highest BCUT2D eigenvalue weighted by Crippen LogP contribution is 2.32. The largest absolute Gasteiger partial charge is 0.354 e. The van der Waals surface area contributed by atoms with E-state index in [2.05, 4.69) is 38.0 Å². The number of nitrogens with one attached hydrogen (secondary N) is 1. The number of nitrogens with zero attached hydrogens (tertiary/aromatic N) is 4. The Morgan fingerprint density at radius 1 is 0.962 bits per heavy atom. The van der Waals surface area contributed by atoms with Crippen molar-refractivity contribution in [1.29, 1.82) is 5.26 Å². The van der Waals surface area contributed by atoms with Gasteiger partial charge in [0.1, 0.15) is 17.7 Å². The minimum Gasteiger partial charge on any atom is -0.354 e. The highest BCUT2D eigenvalue weighted by Gasteiger charge is 2.24. The number of hydrogen-bond acceptors (Lipinski definition) is 4. The SMILES string of the molecule is Cc1c(-c2ccccc2)[nH]c(N2CCN(c3ccccn3)CC2)c1C#N. The molecule has 5 nitrogen and oxygen atoms in total. The molecule has 0 aliphatic carbocycles. The highest BCUT2D eigenvalue weighted by atomic mass is 15.3. The van der Waals surface area contributed by atoms with Gasteiger partial charge in [0.05, 0.1) is 11.3 Å². The van der Waals surface area contributed by atoms with E-state index in [4.69, 9.17) is 0 Å². The summed E-state index contributed by atoms with van der Waals surface area (Å²) in [5.74, 6) is 1.95. The summed E-state index contributed by atoms with van der Waals surface area (Å²) < 4.78 is 0. The number of piperazine rings is 1. The molecule has 5 heteroatoms. The third kappa shape index (κ3) is 2.91. The average Bonchev–Trinajstić information content (AvgIpc) is 3.06. The Bertz CT molecular complexity index is 916. The van der Waals surface area contributed by atoms with Crippen molar-refractivity contribution in [1.82, 2.24) is 9.97 Å². The van der Waals surface area contributed by atoms with Crippen LogP contribution in [0.1, 0.15) is 11.1 Å². The van der Waals surface area contributed by atoms with Gasteiger partial charge in [0.15, 0.2) is 0 Å². The zero-order valence-electron chi connectivity index (χ0n) is 14.8. The van der Waals surface area contributed by atoms with Crippen LogP contribution in [0.25, 0.3) is 11.3 Å². The molecule has 0 bridgehead atoms. The molecule has 1 aliphatic heterocycles. The lowest BCUT2D eigenvalue weighted by molar-refractivity contribution is 0.642. The lowest BCUT2D eigenvalue weighted by Crippen LogP contribution is -2.47. The Kier molecular flexibility index (Phi) is 4.32. The van der Waals surface area contributed by atoms with Crippen molar-refractivity contribution in [2.45, 2.75) is 6.92 Å². The second-order valence-electron chi connectivity index (χ2n) is 6.49. The molecule has 0 radical (unpaired) electrons. The van der Waals surface area contributed by atoms with Gasteiger partial charge < -0.3 is 14.8 Å². The Morgan fingerprint density at radius 2 is 1.65 bits per heavy atom. The molecule has 130 valence electrons. The fourth-order valence-corrected chi connectivity index (χ4v) is 3.54. The zero-order valence-corrected chi connectivity index (χ0v) is 14.8. The second kappa shape index (κ2) is 6.93. The number of benzene rings is 1. The van der Waals surface area contributed by atoms with Gasteiger partial charge in [0, 0.05) is 32.4 Å². The van der Waals surface area contributed by atoms with Crippen LogP contribution >= 0.6 is 0 Å². The summed E-state index contributed by atoms with van der Waals surface area (Å²) in [6, 6.07) is 18.6. The van der Waals surface area contributed by atoms with Crippen LogP contribution in [0.2, 0.25) is 0 Å². The van der Waals surface area contributed by atoms with Crippen molar-refractivity contribution in [2.75, 3.05) is 36.0 Å². The third-order valence-corrected chi connectivity index (χ3v) is 4.97. The van der Waals surface area contributed by atoms with Gasteiger partial charge in [-0.1, -0.05) is 36.4 Å². The van der Waals surface area contributed by atoms with E-state index < -0.39 is 0 Å². The lowest BCUT2D eigenvalue weighted by atomic mass is 10.1. The standard InChI is InChI=1S/C21H21N5/c1-16-18(15-22)21(24-20(16)17-7-3-2-4-8-17)26-13-11-25(12-14-26)19-9-5-6-10-23-19/h2-10,24H,11-14H2,1H3. The molecule has 0 saturated carbocycles. The summed E-state index contributed by atoms with van der Waals surface area (Å²) in [6.07, 6.45) is 1.83. The Hall–Kier alpha value is -3.26. The maximum atomic E-state index is 9.70. The Balaban J connectivity index is 1.58. The summed E-state index contributed by atoms with van der Waals surface area (Å²) in [6.45, 7) is 5.52. The van der Waals surface area contributed by atoms with Crippen LogP contribution in [0.5, 0.6) is 0 Å². The van der Waals surface area contributed by atoms with Crippen LogP contribution in [0.3, 0.4) is 0 Å².